The molecule has 0 N–H and O–H groups in total. The zero-order chi connectivity index (χ0) is 21.6. The molecule has 0 saturated carbocycles. The molecule has 5 heteroatoms. The van der Waals surface area contributed by atoms with Gasteiger partial charge in [0, 0.05) is 18.7 Å². The summed E-state index contributed by atoms with van der Waals surface area (Å²) >= 11 is 0. The van der Waals surface area contributed by atoms with Crippen molar-refractivity contribution >= 4 is 0 Å². The molecular weight excluding hydrogens is 389 g/mol. The Morgan fingerprint density at radius 2 is 1.90 bits per heavy atom. The molecule has 0 aliphatic carbocycles. The fourth-order valence-electron chi connectivity index (χ4n) is 4.23. The molecule has 0 amide bonds. The van der Waals surface area contributed by atoms with Crippen LogP contribution in [-0.2, 0) is 19.7 Å². The first-order valence-electron chi connectivity index (χ1n) is 10.9. The number of nitrogens with zero attached hydrogens (tertiary/aromatic N) is 3. The highest BCUT2D eigenvalue weighted by Gasteiger charge is 2.28. The van der Waals surface area contributed by atoms with E-state index in [2.05, 4.69) is 48.2 Å². The van der Waals surface area contributed by atoms with Gasteiger partial charge in [-0.25, -0.2) is 4.39 Å². The number of halogens is 1. The van der Waals surface area contributed by atoms with Crippen molar-refractivity contribution < 1.29 is 9.13 Å². The van der Waals surface area contributed by atoms with Crippen LogP contribution in [0.4, 0.5) is 4.39 Å². The first-order chi connectivity index (χ1) is 15.1. The van der Waals surface area contributed by atoms with Gasteiger partial charge in [-0.05, 0) is 69.4 Å². The van der Waals surface area contributed by atoms with E-state index in [-0.39, 0.29) is 5.82 Å². The Labute approximate surface area is 184 Å². The topological polar surface area (TPSA) is 28.6 Å². The second kappa shape index (κ2) is 10.0. The van der Waals surface area contributed by atoms with Crippen molar-refractivity contribution in [3.63, 3.8) is 0 Å². The Kier molecular flexibility index (Phi) is 6.95. The molecule has 2 aromatic carbocycles. The number of hydrogen-bond acceptors (Lipinski definition) is 4. The Hall–Kier alpha value is -2.76. The maximum Gasteiger partial charge on any atom is 0.124 e. The normalized spacial score (nSPS) is 16.7. The molecule has 1 atom stereocenters. The molecule has 0 bridgehead atoms. The van der Waals surface area contributed by atoms with Crippen LogP contribution >= 0.6 is 0 Å². The summed E-state index contributed by atoms with van der Waals surface area (Å²) in [5.74, 6) is 0.616. The highest BCUT2D eigenvalue weighted by atomic mass is 19.1. The van der Waals surface area contributed by atoms with E-state index in [1.54, 1.807) is 6.07 Å². The number of aromatic nitrogens is 1. The Morgan fingerprint density at radius 1 is 1.06 bits per heavy atom. The molecule has 1 saturated heterocycles. The van der Waals surface area contributed by atoms with Crippen LogP contribution in [0.1, 0.15) is 41.4 Å². The summed E-state index contributed by atoms with van der Waals surface area (Å²) in [6, 6.07) is 21.4. The molecule has 1 aliphatic rings. The minimum Gasteiger partial charge on any atom is -0.489 e. The van der Waals surface area contributed by atoms with E-state index in [4.69, 9.17) is 9.72 Å². The molecule has 4 nitrogen and oxygen atoms in total. The maximum absolute atomic E-state index is 13.5. The summed E-state index contributed by atoms with van der Waals surface area (Å²) in [7, 11) is 4.13. The van der Waals surface area contributed by atoms with Crippen LogP contribution in [-0.4, -0.2) is 35.4 Å². The summed E-state index contributed by atoms with van der Waals surface area (Å²) in [6.45, 7) is 3.05. The van der Waals surface area contributed by atoms with E-state index in [1.165, 1.54) is 12.1 Å². The summed E-state index contributed by atoms with van der Waals surface area (Å²) in [4.78, 5) is 9.58. The molecular formula is C26H30FN3O. The van der Waals surface area contributed by atoms with Crippen LogP contribution in [0.5, 0.6) is 5.75 Å². The van der Waals surface area contributed by atoms with Gasteiger partial charge in [-0.2, -0.15) is 0 Å². The first kappa shape index (κ1) is 21.5. The first-order valence-corrected chi connectivity index (χ1v) is 10.9. The molecule has 1 fully saturated rings. The van der Waals surface area contributed by atoms with Crippen molar-refractivity contribution in [3.8, 4) is 5.75 Å². The van der Waals surface area contributed by atoms with Crippen LogP contribution in [0.15, 0.2) is 66.7 Å². The van der Waals surface area contributed by atoms with Gasteiger partial charge in [0.05, 0.1) is 17.4 Å². The van der Waals surface area contributed by atoms with E-state index in [1.807, 2.05) is 24.3 Å². The average Bonchev–Trinajstić information content (AvgIpc) is 3.21. The lowest BCUT2D eigenvalue weighted by Crippen LogP contribution is -2.24. The van der Waals surface area contributed by atoms with Crippen molar-refractivity contribution in [2.24, 2.45) is 0 Å². The van der Waals surface area contributed by atoms with Crippen LogP contribution in [0.25, 0.3) is 0 Å². The zero-order valence-corrected chi connectivity index (χ0v) is 18.3. The molecule has 0 spiro atoms. The lowest BCUT2D eigenvalue weighted by molar-refractivity contribution is 0.234. The molecule has 162 valence electrons. The number of likely N-dealkylation sites (tertiary alicyclic amines) is 1. The predicted octanol–water partition coefficient (Wildman–Crippen LogP) is 5.20. The monoisotopic (exact) mass is 419 g/mol. The van der Waals surface area contributed by atoms with E-state index in [9.17, 15) is 4.39 Å². The van der Waals surface area contributed by atoms with Gasteiger partial charge >= 0.3 is 0 Å². The van der Waals surface area contributed by atoms with E-state index < -0.39 is 0 Å². The zero-order valence-electron chi connectivity index (χ0n) is 18.3. The summed E-state index contributed by atoms with van der Waals surface area (Å²) in [5.41, 5.74) is 4.23. The molecule has 1 aliphatic heterocycles. The predicted molar refractivity (Wildman–Crippen MR) is 121 cm³/mol. The van der Waals surface area contributed by atoms with Gasteiger partial charge in [-0.15, -0.1) is 0 Å². The van der Waals surface area contributed by atoms with Crippen LogP contribution in [0.3, 0.4) is 0 Å². The summed E-state index contributed by atoms with van der Waals surface area (Å²) < 4.78 is 19.6. The fraction of sp³-hybridized carbons (Fsp3) is 0.346. The second-order valence-corrected chi connectivity index (χ2v) is 8.45. The van der Waals surface area contributed by atoms with E-state index >= 15 is 0 Å². The van der Waals surface area contributed by atoms with Crippen LogP contribution < -0.4 is 4.74 Å². The Balaban J connectivity index is 1.47. The minimum atomic E-state index is -0.238. The quantitative estimate of drug-likeness (QED) is 0.502. The lowest BCUT2D eigenvalue weighted by atomic mass is 10.1. The van der Waals surface area contributed by atoms with E-state index in [0.29, 0.717) is 12.6 Å². The molecule has 31 heavy (non-hydrogen) atoms. The number of para-hydroxylation sites is 1. The van der Waals surface area contributed by atoms with Crippen molar-refractivity contribution in [2.45, 2.75) is 38.6 Å². The SMILES string of the molecule is CN(C)Cc1cccc([C@@H]2CCCN2Cc2ccccc2OCc2cccc(F)c2)n1. The number of rotatable bonds is 8. The molecule has 4 rings (SSSR count). The van der Waals surface area contributed by atoms with Crippen molar-refractivity contribution in [1.82, 2.24) is 14.8 Å². The van der Waals surface area contributed by atoms with Crippen molar-refractivity contribution in [1.29, 1.82) is 0 Å². The molecule has 3 aromatic rings. The molecule has 0 unspecified atom stereocenters. The Morgan fingerprint density at radius 3 is 2.74 bits per heavy atom. The molecule has 1 aromatic heterocycles. The van der Waals surface area contributed by atoms with Gasteiger partial charge in [-0.1, -0.05) is 36.4 Å². The van der Waals surface area contributed by atoms with Gasteiger partial charge in [0.25, 0.3) is 0 Å². The van der Waals surface area contributed by atoms with Gasteiger partial charge < -0.3 is 9.64 Å². The Bertz CT molecular complexity index is 1010. The van der Waals surface area contributed by atoms with Crippen molar-refractivity contribution in [2.75, 3.05) is 20.6 Å². The second-order valence-electron chi connectivity index (χ2n) is 8.45. The van der Waals surface area contributed by atoms with Gasteiger partial charge in [0.2, 0.25) is 0 Å². The maximum atomic E-state index is 13.5. The van der Waals surface area contributed by atoms with E-state index in [0.717, 1.165) is 60.7 Å². The molecule has 0 radical (unpaired) electrons. The smallest absolute Gasteiger partial charge is 0.124 e. The third-order valence-corrected chi connectivity index (χ3v) is 5.64. The lowest BCUT2D eigenvalue weighted by Gasteiger charge is -2.25. The average molecular weight is 420 g/mol. The fourth-order valence-corrected chi connectivity index (χ4v) is 4.23. The van der Waals surface area contributed by atoms with Gasteiger partial charge in [0.15, 0.2) is 0 Å². The third-order valence-electron chi connectivity index (χ3n) is 5.64. The minimum absolute atomic E-state index is 0.238. The highest BCUT2D eigenvalue weighted by molar-refractivity contribution is 5.34. The van der Waals surface area contributed by atoms with Gasteiger partial charge in [0.1, 0.15) is 18.2 Å². The largest absolute Gasteiger partial charge is 0.489 e. The third kappa shape index (κ3) is 5.69. The summed E-state index contributed by atoms with van der Waals surface area (Å²) in [6.07, 6.45) is 2.28. The van der Waals surface area contributed by atoms with Gasteiger partial charge in [-0.3, -0.25) is 9.88 Å². The number of ether oxygens (including phenoxy) is 1. The molecule has 2 heterocycles. The number of benzene rings is 2. The summed E-state index contributed by atoms with van der Waals surface area (Å²) in [5, 5.41) is 0. The highest BCUT2D eigenvalue weighted by Crippen LogP contribution is 2.34. The van der Waals surface area contributed by atoms with Crippen LogP contribution in [0, 0.1) is 5.82 Å². The number of hydrogen-bond donors (Lipinski definition) is 0. The van der Waals surface area contributed by atoms with Crippen LogP contribution in [0.2, 0.25) is 0 Å². The number of pyridine rings is 1. The standard InChI is InChI=1S/C26H30FN3O/c1-29(2)18-23-11-6-12-24(28-23)25-13-7-15-30(25)17-21-9-3-4-14-26(21)31-19-20-8-5-10-22(27)16-20/h3-6,8-12,14,16,25H,7,13,15,17-19H2,1-2H3/t25-/m0/s1. The van der Waals surface area contributed by atoms with Crippen molar-refractivity contribution in [3.05, 3.63) is 95.1 Å².